The van der Waals surface area contributed by atoms with Gasteiger partial charge in [-0.1, -0.05) is 18.2 Å². The minimum Gasteiger partial charge on any atom is -0.326 e. The lowest BCUT2D eigenvalue weighted by Gasteiger charge is -2.05. The van der Waals surface area contributed by atoms with Crippen LogP contribution in [0.15, 0.2) is 60.8 Å². The van der Waals surface area contributed by atoms with Gasteiger partial charge in [-0.2, -0.15) is 5.10 Å². The Morgan fingerprint density at radius 3 is 2.79 bits per heavy atom. The maximum atomic E-state index is 12.4. The van der Waals surface area contributed by atoms with Gasteiger partial charge in [0.05, 0.1) is 12.1 Å². The monoisotopic (exact) mass is 318 g/mol. The molecule has 0 bridgehead atoms. The van der Waals surface area contributed by atoms with Crippen LogP contribution >= 0.6 is 0 Å². The Balaban J connectivity index is 1.52. The predicted molar refractivity (Wildman–Crippen MR) is 90.3 cm³/mol. The SMILES string of the molecule is O=C1Cc2cc(NC(=O)c3ccn(-c4ccccc4)n3)ccc2N1. The van der Waals surface area contributed by atoms with Crippen LogP contribution in [-0.4, -0.2) is 21.6 Å². The van der Waals surface area contributed by atoms with Crippen molar-refractivity contribution in [1.29, 1.82) is 0 Å². The Morgan fingerprint density at radius 1 is 1.12 bits per heavy atom. The Morgan fingerprint density at radius 2 is 1.96 bits per heavy atom. The van der Waals surface area contributed by atoms with Crippen molar-refractivity contribution in [3.8, 4) is 5.69 Å². The molecule has 0 unspecified atom stereocenters. The predicted octanol–water partition coefficient (Wildman–Crippen LogP) is 2.62. The first-order chi connectivity index (χ1) is 11.7. The molecule has 0 fully saturated rings. The second-order valence-corrected chi connectivity index (χ2v) is 5.53. The molecule has 1 aliphatic heterocycles. The van der Waals surface area contributed by atoms with E-state index in [-0.39, 0.29) is 11.8 Å². The van der Waals surface area contributed by atoms with Crippen LogP contribution in [0, 0.1) is 0 Å². The Kier molecular flexibility index (Phi) is 3.35. The van der Waals surface area contributed by atoms with E-state index in [4.69, 9.17) is 0 Å². The van der Waals surface area contributed by atoms with Crippen LogP contribution in [-0.2, 0) is 11.2 Å². The number of hydrogen-bond acceptors (Lipinski definition) is 3. The van der Waals surface area contributed by atoms with Gasteiger partial charge in [0.1, 0.15) is 0 Å². The highest BCUT2D eigenvalue weighted by atomic mass is 16.2. The molecule has 2 amide bonds. The normalized spacial score (nSPS) is 12.6. The first kappa shape index (κ1) is 14.2. The second kappa shape index (κ2) is 5.66. The maximum Gasteiger partial charge on any atom is 0.276 e. The van der Waals surface area contributed by atoms with Crippen molar-refractivity contribution in [3.05, 3.63) is 72.1 Å². The third-order valence-corrected chi connectivity index (χ3v) is 3.83. The molecule has 6 heteroatoms. The number of rotatable bonds is 3. The zero-order chi connectivity index (χ0) is 16.5. The number of nitrogens with one attached hydrogen (secondary N) is 2. The van der Waals surface area contributed by atoms with E-state index >= 15 is 0 Å². The van der Waals surface area contributed by atoms with Gasteiger partial charge >= 0.3 is 0 Å². The standard InChI is InChI=1S/C18H14N4O2/c23-17-11-12-10-13(6-7-15(12)20-17)19-18(24)16-8-9-22(21-16)14-4-2-1-3-5-14/h1-10H,11H2,(H,19,24)(H,20,23). The number of amides is 2. The fourth-order valence-electron chi connectivity index (χ4n) is 2.67. The molecule has 1 aliphatic rings. The summed E-state index contributed by atoms with van der Waals surface area (Å²) in [6, 6.07) is 16.6. The molecule has 0 aliphatic carbocycles. The topological polar surface area (TPSA) is 76.0 Å². The van der Waals surface area contributed by atoms with Crippen LogP contribution in [0.2, 0.25) is 0 Å². The van der Waals surface area contributed by atoms with E-state index in [1.54, 1.807) is 35.1 Å². The smallest absolute Gasteiger partial charge is 0.276 e. The summed E-state index contributed by atoms with van der Waals surface area (Å²) < 4.78 is 1.65. The summed E-state index contributed by atoms with van der Waals surface area (Å²) >= 11 is 0. The lowest BCUT2D eigenvalue weighted by molar-refractivity contribution is -0.115. The van der Waals surface area contributed by atoms with Crippen molar-refractivity contribution >= 4 is 23.2 Å². The summed E-state index contributed by atoms with van der Waals surface area (Å²) in [7, 11) is 0. The van der Waals surface area contributed by atoms with Crippen LogP contribution in [0.5, 0.6) is 0 Å². The van der Waals surface area contributed by atoms with Gasteiger partial charge in [-0.15, -0.1) is 0 Å². The Bertz CT molecular complexity index is 931. The number of para-hydroxylation sites is 1. The third kappa shape index (κ3) is 2.65. The van der Waals surface area contributed by atoms with Crippen LogP contribution in [0.3, 0.4) is 0 Å². The lowest BCUT2D eigenvalue weighted by Crippen LogP contribution is -2.13. The van der Waals surface area contributed by atoms with E-state index in [0.717, 1.165) is 16.9 Å². The Hall–Kier alpha value is -3.41. The van der Waals surface area contributed by atoms with Crippen molar-refractivity contribution in [3.63, 3.8) is 0 Å². The molecule has 24 heavy (non-hydrogen) atoms. The zero-order valence-electron chi connectivity index (χ0n) is 12.7. The highest BCUT2D eigenvalue weighted by Crippen LogP contribution is 2.26. The number of carbonyl (C=O) groups is 2. The molecule has 0 saturated carbocycles. The number of benzene rings is 2. The van der Waals surface area contributed by atoms with Gasteiger partial charge in [-0.05, 0) is 42.0 Å². The van der Waals surface area contributed by atoms with E-state index in [1.165, 1.54) is 0 Å². The first-order valence-electron chi connectivity index (χ1n) is 7.54. The number of fused-ring (bicyclic) bond motifs is 1. The average Bonchev–Trinajstić information content (AvgIpc) is 3.21. The van der Waals surface area contributed by atoms with E-state index in [2.05, 4.69) is 15.7 Å². The number of aromatic nitrogens is 2. The number of nitrogens with zero attached hydrogens (tertiary/aromatic N) is 2. The summed E-state index contributed by atoms with van der Waals surface area (Å²) in [5.74, 6) is -0.322. The van der Waals surface area contributed by atoms with Crippen molar-refractivity contribution in [2.24, 2.45) is 0 Å². The molecule has 2 aromatic carbocycles. The molecule has 6 nitrogen and oxygen atoms in total. The minimum absolute atomic E-state index is 0.0323. The molecule has 0 saturated heterocycles. The van der Waals surface area contributed by atoms with E-state index in [9.17, 15) is 9.59 Å². The number of anilines is 2. The molecule has 0 atom stereocenters. The first-order valence-corrected chi connectivity index (χ1v) is 7.54. The second-order valence-electron chi connectivity index (χ2n) is 5.53. The molecule has 2 heterocycles. The van der Waals surface area contributed by atoms with Crippen molar-refractivity contribution < 1.29 is 9.59 Å². The summed E-state index contributed by atoms with van der Waals surface area (Å²) in [6.07, 6.45) is 2.08. The number of hydrogen-bond donors (Lipinski definition) is 2. The zero-order valence-corrected chi connectivity index (χ0v) is 12.7. The van der Waals surface area contributed by atoms with Crippen molar-refractivity contribution in [2.75, 3.05) is 10.6 Å². The van der Waals surface area contributed by atoms with E-state index < -0.39 is 0 Å². The lowest BCUT2D eigenvalue weighted by atomic mass is 10.1. The molecule has 0 radical (unpaired) electrons. The van der Waals surface area contributed by atoms with Crippen LogP contribution < -0.4 is 10.6 Å². The van der Waals surface area contributed by atoms with Gasteiger partial charge in [-0.25, -0.2) is 4.68 Å². The molecule has 3 aromatic rings. The fourth-order valence-corrected chi connectivity index (χ4v) is 2.67. The van der Waals surface area contributed by atoms with Gasteiger partial charge in [0.2, 0.25) is 5.91 Å². The summed E-state index contributed by atoms with van der Waals surface area (Å²) in [6.45, 7) is 0. The highest BCUT2D eigenvalue weighted by Gasteiger charge is 2.18. The molecule has 1 aromatic heterocycles. The van der Waals surface area contributed by atoms with Gasteiger partial charge in [-0.3, -0.25) is 9.59 Å². The highest BCUT2D eigenvalue weighted by molar-refractivity contribution is 6.04. The van der Waals surface area contributed by atoms with Gasteiger partial charge in [0, 0.05) is 17.6 Å². The molecule has 2 N–H and O–H groups in total. The van der Waals surface area contributed by atoms with Crippen molar-refractivity contribution in [2.45, 2.75) is 6.42 Å². The third-order valence-electron chi connectivity index (χ3n) is 3.83. The molecule has 118 valence electrons. The molecular formula is C18H14N4O2. The number of carbonyl (C=O) groups excluding carboxylic acids is 2. The Labute approximate surface area is 138 Å². The summed E-state index contributed by atoms with van der Waals surface area (Å²) in [5.41, 5.74) is 3.54. The van der Waals surface area contributed by atoms with Gasteiger partial charge in [0.25, 0.3) is 5.91 Å². The van der Waals surface area contributed by atoms with Crippen LogP contribution in [0.25, 0.3) is 5.69 Å². The van der Waals surface area contributed by atoms with Crippen LogP contribution in [0.1, 0.15) is 16.1 Å². The van der Waals surface area contributed by atoms with Gasteiger partial charge < -0.3 is 10.6 Å². The van der Waals surface area contributed by atoms with Gasteiger partial charge in [0.15, 0.2) is 5.69 Å². The van der Waals surface area contributed by atoms with E-state index in [0.29, 0.717) is 17.8 Å². The quantitative estimate of drug-likeness (QED) is 0.779. The largest absolute Gasteiger partial charge is 0.326 e. The maximum absolute atomic E-state index is 12.4. The van der Waals surface area contributed by atoms with E-state index in [1.807, 2.05) is 30.3 Å². The van der Waals surface area contributed by atoms with Crippen molar-refractivity contribution in [1.82, 2.24) is 9.78 Å². The average molecular weight is 318 g/mol. The fraction of sp³-hybridized carbons (Fsp3) is 0.0556. The summed E-state index contributed by atoms with van der Waals surface area (Å²) in [4.78, 5) is 23.7. The molecule has 4 rings (SSSR count). The summed E-state index contributed by atoms with van der Waals surface area (Å²) in [5, 5.41) is 9.88. The molecular weight excluding hydrogens is 304 g/mol. The minimum atomic E-state index is -0.290. The molecule has 0 spiro atoms. The van der Waals surface area contributed by atoms with Crippen LogP contribution in [0.4, 0.5) is 11.4 Å².